The summed E-state index contributed by atoms with van der Waals surface area (Å²) >= 11 is 3.36. The highest BCUT2D eigenvalue weighted by Crippen LogP contribution is 2.26. The van der Waals surface area contributed by atoms with Crippen LogP contribution < -0.4 is 5.63 Å². The van der Waals surface area contributed by atoms with Crippen LogP contribution in [0.4, 0.5) is 0 Å². The number of fused-ring (bicyclic) bond motifs is 1. The highest BCUT2D eigenvalue weighted by atomic mass is 79.9. The van der Waals surface area contributed by atoms with Gasteiger partial charge in [0.1, 0.15) is 5.58 Å². The highest BCUT2D eigenvalue weighted by Gasteiger charge is 2.15. The first-order chi connectivity index (χ1) is 10.1. The second-order valence-corrected chi connectivity index (χ2v) is 5.40. The van der Waals surface area contributed by atoms with Crippen molar-refractivity contribution in [1.82, 2.24) is 0 Å². The van der Waals surface area contributed by atoms with Crippen molar-refractivity contribution in [2.75, 3.05) is 0 Å². The van der Waals surface area contributed by atoms with Gasteiger partial charge in [0.2, 0.25) is 0 Å². The maximum atomic E-state index is 12.1. The van der Waals surface area contributed by atoms with Crippen LogP contribution in [0.3, 0.4) is 0 Å². The lowest BCUT2D eigenvalue weighted by atomic mass is 10.0. The van der Waals surface area contributed by atoms with Gasteiger partial charge in [-0.15, -0.1) is 0 Å². The molecule has 0 aliphatic carbocycles. The summed E-state index contributed by atoms with van der Waals surface area (Å²) in [6.07, 6.45) is 0. The third-order valence-electron chi connectivity index (χ3n) is 3.14. The van der Waals surface area contributed by atoms with Gasteiger partial charge < -0.3 is 9.52 Å². The van der Waals surface area contributed by atoms with Crippen LogP contribution in [0.1, 0.15) is 10.4 Å². The molecule has 0 bridgehead atoms. The van der Waals surface area contributed by atoms with Crippen LogP contribution >= 0.6 is 15.9 Å². The van der Waals surface area contributed by atoms with Gasteiger partial charge in [-0.1, -0.05) is 34.1 Å². The van der Waals surface area contributed by atoms with E-state index in [2.05, 4.69) is 15.9 Å². The van der Waals surface area contributed by atoms with Crippen LogP contribution in [0.2, 0.25) is 0 Å². The molecule has 0 aliphatic heterocycles. The van der Waals surface area contributed by atoms with Crippen LogP contribution in [0, 0.1) is 0 Å². The van der Waals surface area contributed by atoms with Gasteiger partial charge in [0, 0.05) is 15.4 Å². The van der Waals surface area contributed by atoms with E-state index in [1.807, 2.05) is 6.07 Å². The molecule has 0 saturated heterocycles. The Kier molecular flexibility index (Phi) is 3.35. The van der Waals surface area contributed by atoms with Gasteiger partial charge in [0.05, 0.1) is 11.1 Å². The molecule has 0 saturated carbocycles. The number of halogens is 1. The van der Waals surface area contributed by atoms with E-state index in [1.165, 1.54) is 6.07 Å². The molecule has 3 aromatic rings. The number of rotatable bonds is 2. The van der Waals surface area contributed by atoms with Crippen molar-refractivity contribution in [3.05, 3.63) is 69.0 Å². The Bertz CT molecular complexity index is 912. The number of carboxylic acids is 1. The van der Waals surface area contributed by atoms with E-state index >= 15 is 0 Å². The van der Waals surface area contributed by atoms with Gasteiger partial charge in [0.25, 0.3) is 0 Å². The predicted octanol–water partition coefficient (Wildman–Crippen LogP) is 3.92. The fraction of sp³-hybridized carbons (Fsp3) is 0. The molecule has 0 aliphatic rings. The van der Waals surface area contributed by atoms with Crippen molar-refractivity contribution < 1.29 is 14.3 Å². The van der Waals surface area contributed by atoms with E-state index in [1.54, 1.807) is 36.4 Å². The van der Waals surface area contributed by atoms with Gasteiger partial charge in [-0.2, -0.15) is 0 Å². The van der Waals surface area contributed by atoms with Crippen molar-refractivity contribution in [1.29, 1.82) is 0 Å². The van der Waals surface area contributed by atoms with E-state index < -0.39 is 11.6 Å². The summed E-state index contributed by atoms with van der Waals surface area (Å²) in [7, 11) is 0. The summed E-state index contributed by atoms with van der Waals surface area (Å²) < 4.78 is 6.12. The molecule has 0 spiro atoms. The van der Waals surface area contributed by atoms with Crippen molar-refractivity contribution in [3.8, 4) is 11.1 Å². The van der Waals surface area contributed by atoms with Gasteiger partial charge >= 0.3 is 11.6 Å². The van der Waals surface area contributed by atoms with Crippen molar-refractivity contribution in [2.45, 2.75) is 0 Å². The zero-order valence-electron chi connectivity index (χ0n) is 10.7. The van der Waals surface area contributed by atoms with Crippen LogP contribution in [0.5, 0.6) is 0 Å². The summed E-state index contributed by atoms with van der Waals surface area (Å²) in [5, 5.41) is 9.96. The van der Waals surface area contributed by atoms with E-state index in [-0.39, 0.29) is 11.1 Å². The average Bonchev–Trinajstić information content (AvgIpc) is 2.47. The quantitative estimate of drug-likeness (QED) is 0.715. The molecule has 1 aromatic heterocycles. The molecule has 104 valence electrons. The summed E-state index contributed by atoms with van der Waals surface area (Å²) in [6, 6.07) is 13.3. The lowest BCUT2D eigenvalue weighted by Gasteiger charge is -2.06. The molecule has 2 aromatic carbocycles. The SMILES string of the molecule is O=C(O)c1ccccc1-c1cc2cc(Br)ccc2oc1=O. The first-order valence-electron chi connectivity index (χ1n) is 6.12. The van der Waals surface area contributed by atoms with E-state index in [0.29, 0.717) is 11.1 Å². The molecule has 1 heterocycles. The molecule has 1 N–H and O–H groups in total. The van der Waals surface area contributed by atoms with Crippen LogP contribution in [-0.4, -0.2) is 11.1 Å². The van der Waals surface area contributed by atoms with Gasteiger partial charge in [-0.05, 0) is 30.3 Å². The Balaban J connectivity index is 2.33. The molecule has 21 heavy (non-hydrogen) atoms. The van der Waals surface area contributed by atoms with Crippen LogP contribution in [0.15, 0.2) is 62.2 Å². The highest BCUT2D eigenvalue weighted by molar-refractivity contribution is 9.10. The standard InChI is InChI=1S/C16H9BrO4/c17-10-5-6-14-9(7-10)8-13(16(20)21-14)11-3-1-2-4-12(11)15(18)19/h1-8H,(H,18,19). The summed E-state index contributed by atoms with van der Waals surface area (Å²) in [6.45, 7) is 0. The molecule has 0 fully saturated rings. The molecule has 5 heteroatoms. The Hall–Kier alpha value is -2.40. The molecular formula is C16H9BrO4. The fourth-order valence-corrected chi connectivity index (χ4v) is 2.57. The Labute approximate surface area is 127 Å². The third kappa shape index (κ3) is 2.48. The van der Waals surface area contributed by atoms with Crippen molar-refractivity contribution >= 4 is 32.9 Å². The monoisotopic (exact) mass is 344 g/mol. The maximum Gasteiger partial charge on any atom is 0.344 e. The Morgan fingerprint density at radius 3 is 2.57 bits per heavy atom. The second kappa shape index (κ2) is 5.18. The number of hydrogen-bond donors (Lipinski definition) is 1. The number of aromatic carboxylic acids is 1. The van der Waals surface area contributed by atoms with Gasteiger partial charge in [0.15, 0.2) is 0 Å². The lowest BCUT2D eigenvalue weighted by molar-refractivity contribution is 0.0697. The zero-order valence-corrected chi connectivity index (χ0v) is 12.3. The van der Waals surface area contributed by atoms with Crippen LogP contribution in [-0.2, 0) is 0 Å². The smallest absolute Gasteiger partial charge is 0.344 e. The Morgan fingerprint density at radius 2 is 1.81 bits per heavy atom. The number of carboxylic acid groups (broad SMARTS) is 1. The molecule has 4 nitrogen and oxygen atoms in total. The summed E-state index contributed by atoms with van der Waals surface area (Å²) in [4.78, 5) is 23.4. The minimum atomic E-state index is -1.08. The first-order valence-corrected chi connectivity index (χ1v) is 6.91. The largest absolute Gasteiger partial charge is 0.478 e. The van der Waals surface area contributed by atoms with Gasteiger partial charge in [-0.3, -0.25) is 0 Å². The minimum Gasteiger partial charge on any atom is -0.478 e. The molecule has 0 amide bonds. The van der Waals surface area contributed by atoms with E-state index in [0.717, 1.165) is 9.86 Å². The predicted molar refractivity (Wildman–Crippen MR) is 82.6 cm³/mol. The zero-order chi connectivity index (χ0) is 15.0. The fourth-order valence-electron chi connectivity index (χ4n) is 2.19. The first kappa shape index (κ1) is 13.6. The number of benzene rings is 2. The Morgan fingerprint density at radius 1 is 1.05 bits per heavy atom. The molecule has 0 radical (unpaired) electrons. The summed E-state index contributed by atoms with van der Waals surface area (Å²) in [5.41, 5.74) is 0.552. The number of hydrogen-bond acceptors (Lipinski definition) is 3. The number of carbonyl (C=O) groups is 1. The van der Waals surface area contributed by atoms with E-state index in [4.69, 9.17) is 4.42 Å². The minimum absolute atomic E-state index is 0.0687. The molecule has 3 rings (SSSR count). The third-order valence-corrected chi connectivity index (χ3v) is 3.64. The van der Waals surface area contributed by atoms with Crippen molar-refractivity contribution in [2.24, 2.45) is 0 Å². The van der Waals surface area contributed by atoms with Crippen LogP contribution in [0.25, 0.3) is 22.1 Å². The second-order valence-electron chi connectivity index (χ2n) is 4.48. The summed E-state index contributed by atoms with van der Waals surface area (Å²) in [5.74, 6) is -1.08. The lowest BCUT2D eigenvalue weighted by Crippen LogP contribution is -2.07. The topological polar surface area (TPSA) is 67.5 Å². The normalized spacial score (nSPS) is 10.7. The molecule has 0 atom stereocenters. The average molecular weight is 345 g/mol. The maximum absolute atomic E-state index is 12.1. The van der Waals surface area contributed by atoms with E-state index in [9.17, 15) is 14.7 Å². The van der Waals surface area contributed by atoms with Crippen molar-refractivity contribution in [3.63, 3.8) is 0 Å². The molecule has 0 unspecified atom stereocenters. The molecular weight excluding hydrogens is 336 g/mol. The van der Waals surface area contributed by atoms with Gasteiger partial charge in [-0.25, -0.2) is 9.59 Å².